The Morgan fingerprint density at radius 3 is 2.75 bits per heavy atom. The number of rotatable bonds is 4. The van der Waals surface area contributed by atoms with Crippen molar-refractivity contribution in [1.82, 2.24) is 4.98 Å². The van der Waals surface area contributed by atoms with Gasteiger partial charge in [0.15, 0.2) is 0 Å². The molecule has 1 aromatic carbocycles. The molecule has 2 aromatic rings. The van der Waals surface area contributed by atoms with Gasteiger partial charge in [-0.25, -0.2) is 4.98 Å². The molecular weight excluding hydrogens is 296 g/mol. The van der Waals surface area contributed by atoms with Gasteiger partial charge in [-0.2, -0.15) is 0 Å². The molecule has 0 bridgehead atoms. The van der Waals surface area contributed by atoms with Crippen LogP contribution in [0.3, 0.4) is 0 Å². The summed E-state index contributed by atoms with van der Waals surface area (Å²) in [6.07, 6.45) is 1.73. The molecule has 0 spiro atoms. The summed E-state index contributed by atoms with van der Waals surface area (Å²) in [4.78, 5) is 16.0. The molecule has 6 heteroatoms. The van der Waals surface area contributed by atoms with E-state index in [0.29, 0.717) is 15.0 Å². The van der Waals surface area contributed by atoms with E-state index in [1.165, 1.54) is 17.5 Å². The third kappa shape index (κ3) is 3.56. The molecule has 0 radical (unpaired) electrons. The van der Waals surface area contributed by atoms with Crippen molar-refractivity contribution >= 4 is 34.5 Å². The molecule has 0 aliphatic rings. The maximum atomic E-state index is 12.0. The number of hydrogen-bond donors (Lipinski definition) is 2. The first kappa shape index (κ1) is 15.0. The minimum atomic E-state index is -0.146. The lowest BCUT2D eigenvalue weighted by Gasteiger charge is -2.11. The second kappa shape index (κ2) is 6.35. The molecule has 1 heterocycles. The topological polar surface area (TPSA) is 62.2 Å². The van der Waals surface area contributed by atoms with Crippen molar-refractivity contribution in [3.63, 3.8) is 0 Å². The summed E-state index contributed by atoms with van der Waals surface area (Å²) in [7, 11) is 0. The number of aromatic nitrogens is 1. The van der Waals surface area contributed by atoms with Gasteiger partial charge < -0.3 is 10.4 Å². The summed E-state index contributed by atoms with van der Waals surface area (Å²) in [5.41, 5.74) is 3.50. The molecule has 0 aliphatic heterocycles. The average Bonchev–Trinajstić information content (AvgIpc) is 2.78. The number of carbonyl (C=O) groups excluding carboxylic acids is 1. The molecule has 2 N–H and O–H groups in total. The Bertz CT molecular complexity index is 640. The molecule has 0 unspecified atom stereocenters. The fourth-order valence-electron chi connectivity index (χ4n) is 1.90. The van der Waals surface area contributed by atoms with E-state index in [-0.39, 0.29) is 18.9 Å². The molecule has 1 amide bonds. The van der Waals surface area contributed by atoms with E-state index >= 15 is 0 Å². The number of aliphatic hydroxyl groups is 1. The largest absolute Gasteiger partial charge is 0.392 e. The predicted octanol–water partition coefficient (Wildman–Crippen LogP) is 3.09. The number of aliphatic hydroxyl groups excluding tert-OH is 1. The maximum Gasteiger partial charge on any atom is 0.231 e. The van der Waals surface area contributed by atoms with Gasteiger partial charge >= 0.3 is 0 Å². The van der Waals surface area contributed by atoms with Gasteiger partial charge in [0.05, 0.1) is 19.2 Å². The molecule has 2 rings (SSSR count). The number of carbonyl (C=O) groups is 1. The summed E-state index contributed by atoms with van der Waals surface area (Å²) in [6.45, 7) is 3.81. The molecule has 1 aromatic heterocycles. The van der Waals surface area contributed by atoms with Crippen LogP contribution in [-0.4, -0.2) is 16.0 Å². The van der Waals surface area contributed by atoms with Gasteiger partial charge in [0.2, 0.25) is 5.91 Å². The molecule has 0 saturated heterocycles. The molecular formula is C14H15ClN2O2S. The summed E-state index contributed by atoms with van der Waals surface area (Å²) < 4.78 is 0.571. The highest BCUT2D eigenvalue weighted by atomic mass is 35.5. The highest BCUT2D eigenvalue weighted by Gasteiger charge is 2.10. The lowest BCUT2D eigenvalue weighted by atomic mass is 10.0. The third-order valence-electron chi connectivity index (χ3n) is 2.96. The summed E-state index contributed by atoms with van der Waals surface area (Å²) in [6, 6.07) is 3.75. The summed E-state index contributed by atoms with van der Waals surface area (Å²) >= 11 is 7.08. The van der Waals surface area contributed by atoms with Gasteiger partial charge in [-0.1, -0.05) is 17.7 Å². The maximum absolute atomic E-state index is 12.0. The first-order valence-corrected chi connectivity index (χ1v) is 7.30. The van der Waals surface area contributed by atoms with Crippen molar-refractivity contribution in [1.29, 1.82) is 0 Å². The van der Waals surface area contributed by atoms with Crippen molar-refractivity contribution in [2.75, 3.05) is 5.32 Å². The number of halogens is 1. The van der Waals surface area contributed by atoms with Crippen molar-refractivity contribution in [3.05, 3.63) is 44.4 Å². The van der Waals surface area contributed by atoms with Crippen LogP contribution in [0.15, 0.2) is 18.3 Å². The lowest BCUT2D eigenvalue weighted by Crippen LogP contribution is -2.15. The molecule has 0 saturated carbocycles. The van der Waals surface area contributed by atoms with Crippen LogP contribution in [0.4, 0.5) is 5.69 Å². The van der Waals surface area contributed by atoms with Crippen LogP contribution in [0.5, 0.6) is 0 Å². The van der Waals surface area contributed by atoms with Crippen LogP contribution in [0.2, 0.25) is 4.34 Å². The second-order valence-electron chi connectivity index (χ2n) is 4.53. The Kier molecular flexibility index (Phi) is 4.75. The minimum absolute atomic E-state index is 0.0446. The van der Waals surface area contributed by atoms with E-state index in [0.717, 1.165) is 16.7 Å². The van der Waals surface area contributed by atoms with Crippen LogP contribution in [-0.2, 0) is 17.8 Å². The van der Waals surface area contributed by atoms with Crippen LogP contribution in [0.1, 0.15) is 21.7 Å². The van der Waals surface area contributed by atoms with Gasteiger partial charge in [-0.3, -0.25) is 4.79 Å². The Morgan fingerprint density at radius 2 is 2.15 bits per heavy atom. The monoisotopic (exact) mass is 310 g/mol. The van der Waals surface area contributed by atoms with Crippen molar-refractivity contribution in [2.45, 2.75) is 26.9 Å². The van der Waals surface area contributed by atoms with E-state index in [2.05, 4.69) is 10.3 Å². The highest BCUT2D eigenvalue weighted by Crippen LogP contribution is 2.22. The zero-order valence-corrected chi connectivity index (χ0v) is 12.8. The fourth-order valence-corrected chi connectivity index (χ4v) is 2.86. The number of aryl methyl sites for hydroxylation is 2. The molecule has 0 atom stereocenters. The first-order chi connectivity index (χ1) is 9.49. The normalized spacial score (nSPS) is 10.6. The van der Waals surface area contributed by atoms with Crippen LogP contribution in [0.25, 0.3) is 0 Å². The zero-order chi connectivity index (χ0) is 14.7. The van der Waals surface area contributed by atoms with Gasteiger partial charge in [0.1, 0.15) is 9.34 Å². The van der Waals surface area contributed by atoms with Crippen LogP contribution >= 0.6 is 22.9 Å². The SMILES string of the molecule is Cc1cc(C)c(NC(=O)Cc2ncc(Cl)s2)cc1CO. The van der Waals surface area contributed by atoms with E-state index in [1.54, 1.807) is 6.07 Å². The van der Waals surface area contributed by atoms with Crippen molar-refractivity contribution in [3.8, 4) is 0 Å². The minimum Gasteiger partial charge on any atom is -0.392 e. The Balaban J connectivity index is 2.11. The van der Waals surface area contributed by atoms with E-state index in [1.807, 2.05) is 19.9 Å². The second-order valence-corrected chi connectivity index (χ2v) is 6.28. The van der Waals surface area contributed by atoms with Gasteiger partial charge in [0, 0.05) is 5.69 Å². The standard InChI is InChI=1S/C14H15ClN2O2S/c1-8-3-9(2)11(4-10(8)7-18)17-13(19)5-14-16-6-12(15)20-14/h3-4,6,18H,5,7H2,1-2H3,(H,17,19). The summed E-state index contributed by atoms with van der Waals surface area (Å²) in [5, 5.41) is 12.8. The quantitative estimate of drug-likeness (QED) is 0.912. The molecule has 0 aliphatic carbocycles. The number of nitrogens with one attached hydrogen (secondary N) is 1. The number of benzene rings is 1. The predicted molar refractivity (Wildman–Crippen MR) is 81.3 cm³/mol. The van der Waals surface area contributed by atoms with Gasteiger partial charge in [0.25, 0.3) is 0 Å². The highest BCUT2D eigenvalue weighted by molar-refractivity contribution is 7.15. The summed E-state index contributed by atoms with van der Waals surface area (Å²) in [5.74, 6) is -0.146. The molecule has 4 nitrogen and oxygen atoms in total. The zero-order valence-electron chi connectivity index (χ0n) is 11.2. The van der Waals surface area contributed by atoms with Crippen molar-refractivity contribution in [2.24, 2.45) is 0 Å². The number of anilines is 1. The van der Waals surface area contributed by atoms with E-state index < -0.39 is 0 Å². The van der Waals surface area contributed by atoms with Crippen LogP contribution in [0, 0.1) is 13.8 Å². The first-order valence-electron chi connectivity index (χ1n) is 6.10. The number of hydrogen-bond acceptors (Lipinski definition) is 4. The van der Waals surface area contributed by atoms with E-state index in [4.69, 9.17) is 11.6 Å². The van der Waals surface area contributed by atoms with Crippen molar-refractivity contribution < 1.29 is 9.90 Å². The fraction of sp³-hybridized carbons (Fsp3) is 0.286. The number of nitrogens with zero attached hydrogens (tertiary/aromatic N) is 1. The molecule has 106 valence electrons. The Labute approximate surface area is 126 Å². The number of amides is 1. The Hall–Kier alpha value is -1.43. The van der Waals surface area contributed by atoms with E-state index in [9.17, 15) is 9.90 Å². The third-order valence-corrected chi connectivity index (χ3v) is 4.08. The Morgan fingerprint density at radius 1 is 1.40 bits per heavy atom. The molecule has 0 fully saturated rings. The number of thiazole rings is 1. The van der Waals surface area contributed by atoms with Gasteiger partial charge in [-0.05, 0) is 36.6 Å². The smallest absolute Gasteiger partial charge is 0.231 e. The van der Waals surface area contributed by atoms with Crippen LogP contribution < -0.4 is 5.32 Å². The molecule has 20 heavy (non-hydrogen) atoms. The van der Waals surface area contributed by atoms with Gasteiger partial charge in [-0.15, -0.1) is 11.3 Å². The lowest BCUT2D eigenvalue weighted by molar-refractivity contribution is -0.115. The average molecular weight is 311 g/mol.